The average molecular weight is 507 g/mol. The van der Waals surface area contributed by atoms with Crippen molar-refractivity contribution in [3.05, 3.63) is 83.7 Å². The summed E-state index contributed by atoms with van der Waals surface area (Å²) in [6.07, 6.45) is 5.60. The van der Waals surface area contributed by atoms with Crippen molar-refractivity contribution in [2.75, 3.05) is 12.4 Å². The Balaban J connectivity index is 1.31. The zero-order chi connectivity index (χ0) is 26.6. The van der Waals surface area contributed by atoms with E-state index in [2.05, 4.69) is 52.7 Å². The van der Waals surface area contributed by atoms with Crippen LogP contribution in [0.2, 0.25) is 0 Å². The largest absolute Gasteiger partial charge is 0.350 e. The molecule has 1 fully saturated rings. The number of nitrogens with zero attached hydrogens (tertiary/aromatic N) is 5. The van der Waals surface area contributed by atoms with Crippen LogP contribution in [0.5, 0.6) is 0 Å². The number of carbonyl (C=O) groups excluding carboxylic acids is 2. The number of pyridine rings is 1. The van der Waals surface area contributed by atoms with E-state index in [1.165, 1.54) is 5.56 Å². The summed E-state index contributed by atoms with van der Waals surface area (Å²) in [7, 11) is 3.82. The quantitative estimate of drug-likeness (QED) is 0.335. The lowest BCUT2D eigenvalue weighted by Crippen LogP contribution is -2.29. The molecule has 0 aliphatic heterocycles. The topological polar surface area (TPSA) is 84.5 Å². The van der Waals surface area contributed by atoms with Gasteiger partial charge in [0.2, 0.25) is 11.9 Å². The van der Waals surface area contributed by atoms with Crippen molar-refractivity contribution in [2.45, 2.75) is 32.7 Å². The Hall–Kier alpha value is -4.46. The third kappa shape index (κ3) is 4.32. The van der Waals surface area contributed by atoms with Crippen LogP contribution in [0, 0.1) is 12.8 Å². The third-order valence-electron chi connectivity index (χ3n) is 7.53. The zero-order valence-electron chi connectivity index (χ0n) is 22.0. The van der Waals surface area contributed by atoms with Crippen LogP contribution in [-0.2, 0) is 11.8 Å². The average Bonchev–Trinajstić information content (AvgIpc) is 3.62. The van der Waals surface area contributed by atoms with Crippen molar-refractivity contribution < 1.29 is 9.59 Å². The van der Waals surface area contributed by atoms with Crippen molar-refractivity contribution in [3.8, 4) is 11.1 Å². The summed E-state index contributed by atoms with van der Waals surface area (Å²) in [6.45, 7) is 4.11. The molecular formula is C30H30N6O2. The van der Waals surface area contributed by atoms with E-state index < -0.39 is 0 Å². The minimum atomic E-state index is -0.0634. The number of benzene rings is 2. The maximum absolute atomic E-state index is 13.7. The third-order valence-corrected chi connectivity index (χ3v) is 7.53. The standard InChI is InChI=1S/C30H30N6O2/c1-18-5-7-20(8-6-18)19(2)35(4)29(38)25-17-34(3)26-12-11-22(15-24(25)26)23-13-14-36-27(16-23)31-30(33-36)32-28(37)21-9-10-21/h5-8,11-17,19,21H,9-10H2,1-4H3,(H,32,33,37). The normalized spacial score (nSPS) is 14.1. The fraction of sp³-hybridized carbons (Fsp3) is 0.267. The van der Waals surface area contributed by atoms with Gasteiger partial charge < -0.3 is 9.47 Å². The summed E-state index contributed by atoms with van der Waals surface area (Å²) in [5.41, 5.74) is 6.52. The van der Waals surface area contributed by atoms with Gasteiger partial charge in [-0.3, -0.25) is 14.9 Å². The Morgan fingerprint density at radius 1 is 1.05 bits per heavy atom. The Morgan fingerprint density at radius 3 is 2.53 bits per heavy atom. The van der Waals surface area contributed by atoms with Gasteiger partial charge in [-0.25, -0.2) is 4.52 Å². The number of aryl methyl sites for hydroxylation is 2. The van der Waals surface area contributed by atoms with Gasteiger partial charge >= 0.3 is 0 Å². The Labute approximate surface area is 220 Å². The number of amides is 2. The second kappa shape index (κ2) is 9.13. The van der Waals surface area contributed by atoms with Crippen molar-refractivity contribution in [1.82, 2.24) is 24.1 Å². The second-order valence-corrected chi connectivity index (χ2v) is 10.3. The maximum Gasteiger partial charge on any atom is 0.256 e. The molecule has 3 aromatic heterocycles. The number of rotatable bonds is 6. The zero-order valence-corrected chi connectivity index (χ0v) is 22.0. The fourth-order valence-electron chi connectivity index (χ4n) is 4.85. The van der Waals surface area contributed by atoms with Gasteiger partial charge in [0.25, 0.3) is 5.91 Å². The van der Waals surface area contributed by atoms with E-state index in [0.29, 0.717) is 17.2 Å². The van der Waals surface area contributed by atoms with E-state index in [1.54, 1.807) is 9.42 Å². The molecule has 1 unspecified atom stereocenters. The summed E-state index contributed by atoms with van der Waals surface area (Å²) in [6, 6.07) is 18.3. The minimum Gasteiger partial charge on any atom is -0.350 e. The number of aromatic nitrogens is 4. The number of anilines is 1. The molecule has 0 saturated heterocycles. The van der Waals surface area contributed by atoms with Gasteiger partial charge in [0.05, 0.1) is 11.6 Å². The molecule has 6 rings (SSSR count). The van der Waals surface area contributed by atoms with Crippen LogP contribution in [0.15, 0.2) is 67.0 Å². The Morgan fingerprint density at radius 2 is 1.79 bits per heavy atom. The van der Waals surface area contributed by atoms with E-state index in [4.69, 9.17) is 0 Å². The van der Waals surface area contributed by atoms with Gasteiger partial charge in [-0.05, 0) is 67.6 Å². The molecule has 2 amide bonds. The van der Waals surface area contributed by atoms with Crippen LogP contribution in [0.3, 0.4) is 0 Å². The monoisotopic (exact) mass is 506 g/mol. The maximum atomic E-state index is 13.7. The molecule has 8 nitrogen and oxygen atoms in total. The van der Waals surface area contributed by atoms with Gasteiger partial charge in [0, 0.05) is 43.3 Å². The first-order chi connectivity index (χ1) is 18.3. The van der Waals surface area contributed by atoms with Crippen LogP contribution in [0.25, 0.3) is 27.7 Å². The highest BCUT2D eigenvalue weighted by molar-refractivity contribution is 6.08. The van der Waals surface area contributed by atoms with E-state index in [-0.39, 0.29) is 23.8 Å². The lowest BCUT2D eigenvalue weighted by atomic mass is 10.0. The van der Waals surface area contributed by atoms with Gasteiger partial charge in [-0.1, -0.05) is 35.9 Å². The van der Waals surface area contributed by atoms with Crippen LogP contribution in [-0.4, -0.2) is 42.9 Å². The van der Waals surface area contributed by atoms with Crippen LogP contribution >= 0.6 is 0 Å². The van der Waals surface area contributed by atoms with Gasteiger partial charge in [-0.2, -0.15) is 4.98 Å². The first-order valence-corrected chi connectivity index (χ1v) is 12.9. The van der Waals surface area contributed by atoms with Crippen LogP contribution in [0.4, 0.5) is 5.95 Å². The summed E-state index contributed by atoms with van der Waals surface area (Å²) >= 11 is 0. The predicted molar refractivity (Wildman–Crippen MR) is 148 cm³/mol. The number of carbonyl (C=O) groups is 2. The summed E-state index contributed by atoms with van der Waals surface area (Å²) < 4.78 is 3.65. The lowest BCUT2D eigenvalue weighted by molar-refractivity contribution is -0.117. The molecule has 8 heteroatoms. The minimum absolute atomic E-state index is 0.0190. The first-order valence-electron chi connectivity index (χ1n) is 12.9. The second-order valence-electron chi connectivity index (χ2n) is 10.3. The van der Waals surface area contributed by atoms with E-state index in [9.17, 15) is 9.59 Å². The fourth-order valence-corrected chi connectivity index (χ4v) is 4.85. The number of nitrogens with one attached hydrogen (secondary N) is 1. The summed E-state index contributed by atoms with van der Waals surface area (Å²) in [4.78, 5) is 32.1. The van der Waals surface area contributed by atoms with E-state index >= 15 is 0 Å². The number of hydrogen-bond donors (Lipinski definition) is 1. The molecule has 1 aliphatic carbocycles. The molecule has 0 bridgehead atoms. The lowest BCUT2D eigenvalue weighted by Gasteiger charge is -2.25. The highest BCUT2D eigenvalue weighted by atomic mass is 16.2. The van der Waals surface area contributed by atoms with Crippen LogP contribution in [0.1, 0.15) is 47.3 Å². The molecule has 1 aliphatic rings. The van der Waals surface area contributed by atoms with Crippen molar-refractivity contribution in [2.24, 2.45) is 13.0 Å². The highest BCUT2D eigenvalue weighted by Crippen LogP contribution is 2.31. The van der Waals surface area contributed by atoms with Crippen molar-refractivity contribution >= 4 is 34.3 Å². The first kappa shape index (κ1) is 23.9. The molecule has 2 aromatic carbocycles. The van der Waals surface area contributed by atoms with Gasteiger partial charge in [0.1, 0.15) is 0 Å². The van der Waals surface area contributed by atoms with Gasteiger partial charge in [-0.15, -0.1) is 5.10 Å². The molecule has 5 aromatic rings. The molecule has 0 radical (unpaired) electrons. The SMILES string of the molecule is Cc1ccc(C(C)N(C)C(=O)c2cn(C)c3ccc(-c4ccn5nc(NC(=O)C6CC6)nc5c4)cc23)cc1. The molecule has 1 atom stereocenters. The van der Waals surface area contributed by atoms with Gasteiger partial charge in [0.15, 0.2) is 5.65 Å². The highest BCUT2D eigenvalue weighted by Gasteiger charge is 2.30. The number of fused-ring (bicyclic) bond motifs is 2. The predicted octanol–water partition coefficient (Wildman–Crippen LogP) is 5.38. The van der Waals surface area contributed by atoms with Crippen LogP contribution < -0.4 is 5.32 Å². The van der Waals surface area contributed by atoms with E-state index in [1.807, 2.05) is 62.2 Å². The molecule has 3 heterocycles. The smallest absolute Gasteiger partial charge is 0.256 e. The summed E-state index contributed by atoms with van der Waals surface area (Å²) in [5.74, 6) is 0.362. The molecule has 0 spiro atoms. The molecule has 1 saturated carbocycles. The molecule has 192 valence electrons. The van der Waals surface area contributed by atoms with E-state index in [0.717, 1.165) is 40.4 Å². The Kier molecular flexibility index (Phi) is 5.75. The number of hydrogen-bond acceptors (Lipinski definition) is 4. The van der Waals surface area contributed by atoms with Crippen molar-refractivity contribution in [1.29, 1.82) is 0 Å². The molecule has 1 N–H and O–H groups in total. The Bertz CT molecular complexity index is 1690. The van der Waals surface area contributed by atoms with Crippen molar-refractivity contribution in [3.63, 3.8) is 0 Å². The molecular weight excluding hydrogens is 476 g/mol. The molecule has 38 heavy (non-hydrogen) atoms. The summed E-state index contributed by atoms with van der Waals surface area (Å²) in [5, 5.41) is 8.08.